The van der Waals surface area contributed by atoms with Gasteiger partial charge in [-0.3, -0.25) is 4.98 Å². The van der Waals surface area contributed by atoms with Crippen molar-refractivity contribution in [3.63, 3.8) is 0 Å². The highest BCUT2D eigenvalue weighted by Gasteiger charge is 2.15. The second-order valence-electron chi connectivity index (χ2n) is 6.71. The van der Waals surface area contributed by atoms with Crippen LogP contribution in [-0.2, 0) is 6.61 Å². The number of aromatic nitrogens is 1. The first kappa shape index (κ1) is 20.5. The minimum Gasteiger partial charge on any atom is -0.493 e. The fourth-order valence-corrected chi connectivity index (χ4v) is 3.33. The van der Waals surface area contributed by atoms with Crippen molar-refractivity contribution < 1.29 is 13.9 Å². The molecule has 1 N–H and O–H groups in total. The van der Waals surface area contributed by atoms with Gasteiger partial charge in [0.05, 0.1) is 28.9 Å². The third-order valence-electron chi connectivity index (χ3n) is 4.70. The number of benzene rings is 3. The summed E-state index contributed by atoms with van der Waals surface area (Å²) in [6.45, 7) is 0.373. The van der Waals surface area contributed by atoms with E-state index in [4.69, 9.17) is 21.1 Å². The van der Waals surface area contributed by atoms with Gasteiger partial charge in [-0.25, -0.2) is 4.39 Å². The first-order chi connectivity index (χ1) is 15.1. The van der Waals surface area contributed by atoms with Gasteiger partial charge in [0, 0.05) is 23.3 Å². The molecule has 0 bridgehead atoms. The molecule has 0 saturated carbocycles. The van der Waals surface area contributed by atoms with E-state index in [0.29, 0.717) is 45.9 Å². The molecule has 5 nitrogen and oxygen atoms in total. The number of nitriles is 1. The number of hydrogen-bond donors (Lipinski definition) is 1. The number of halogens is 2. The molecular weight excluding hydrogens is 417 g/mol. The highest BCUT2D eigenvalue weighted by molar-refractivity contribution is 6.31. The number of ether oxygens (including phenoxy) is 2. The first-order valence-corrected chi connectivity index (χ1v) is 9.76. The van der Waals surface area contributed by atoms with Gasteiger partial charge in [-0.15, -0.1) is 0 Å². The number of anilines is 2. The van der Waals surface area contributed by atoms with Crippen molar-refractivity contribution >= 4 is 33.9 Å². The van der Waals surface area contributed by atoms with Crippen molar-refractivity contribution in [2.75, 3.05) is 12.4 Å². The van der Waals surface area contributed by atoms with Crippen LogP contribution in [0, 0.1) is 17.1 Å². The van der Waals surface area contributed by atoms with E-state index in [2.05, 4.69) is 16.4 Å². The van der Waals surface area contributed by atoms with Crippen molar-refractivity contribution in [3.8, 4) is 17.6 Å². The molecule has 0 fully saturated rings. The third kappa shape index (κ3) is 4.37. The molecule has 4 aromatic rings. The van der Waals surface area contributed by atoms with Gasteiger partial charge in [0.2, 0.25) is 0 Å². The van der Waals surface area contributed by atoms with E-state index in [1.807, 2.05) is 30.3 Å². The Hall–Kier alpha value is -3.82. The van der Waals surface area contributed by atoms with Crippen LogP contribution in [0.25, 0.3) is 10.9 Å². The molecule has 0 aliphatic heterocycles. The van der Waals surface area contributed by atoms with Gasteiger partial charge in [-0.05, 0) is 29.8 Å². The molecule has 4 rings (SSSR count). The summed E-state index contributed by atoms with van der Waals surface area (Å²) in [5.41, 5.74) is 3.02. The molecule has 7 heteroatoms. The van der Waals surface area contributed by atoms with Gasteiger partial charge in [0.25, 0.3) is 0 Å². The first-order valence-electron chi connectivity index (χ1n) is 9.38. The topological polar surface area (TPSA) is 67.2 Å². The van der Waals surface area contributed by atoms with E-state index >= 15 is 0 Å². The Labute approximate surface area is 183 Å². The minimum absolute atomic E-state index is 0.0175. The van der Waals surface area contributed by atoms with E-state index in [1.54, 1.807) is 25.3 Å². The molecule has 1 heterocycles. The zero-order chi connectivity index (χ0) is 21.8. The SMILES string of the molecule is COc1cc2c(Nc3ccc(F)c(Cl)c3)c(C#N)cnc2cc1OCc1ccccc1. The van der Waals surface area contributed by atoms with Gasteiger partial charge in [0.15, 0.2) is 11.5 Å². The Morgan fingerprint density at radius 2 is 1.90 bits per heavy atom. The van der Waals surface area contributed by atoms with Crippen LogP contribution in [0.4, 0.5) is 15.8 Å². The van der Waals surface area contributed by atoms with Crippen molar-refractivity contribution in [3.05, 3.63) is 88.8 Å². The van der Waals surface area contributed by atoms with Crippen molar-refractivity contribution in [2.45, 2.75) is 6.61 Å². The predicted octanol–water partition coefficient (Wildman–Crippen LogP) is 6.23. The quantitative estimate of drug-likeness (QED) is 0.390. The van der Waals surface area contributed by atoms with E-state index < -0.39 is 5.82 Å². The van der Waals surface area contributed by atoms with E-state index in [1.165, 1.54) is 18.3 Å². The number of rotatable bonds is 6. The van der Waals surface area contributed by atoms with Gasteiger partial charge in [0.1, 0.15) is 18.5 Å². The number of fused-ring (bicyclic) bond motifs is 1. The van der Waals surface area contributed by atoms with Crippen LogP contribution >= 0.6 is 11.6 Å². The summed E-state index contributed by atoms with van der Waals surface area (Å²) in [6, 6.07) is 19.7. The fourth-order valence-electron chi connectivity index (χ4n) is 3.15. The Morgan fingerprint density at radius 3 is 2.61 bits per heavy atom. The number of pyridine rings is 1. The lowest BCUT2D eigenvalue weighted by molar-refractivity contribution is 0.285. The van der Waals surface area contributed by atoms with Gasteiger partial charge in [-0.1, -0.05) is 41.9 Å². The second-order valence-corrected chi connectivity index (χ2v) is 7.11. The Kier molecular flexibility index (Phi) is 5.87. The smallest absolute Gasteiger partial charge is 0.163 e. The number of nitrogens with zero attached hydrogens (tertiary/aromatic N) is 2. The average Bonchev–Trinajstić information content (AvgIpc) is 2.80. The summed E-state index contributed by atoms with van der Waals surface area (Å²) < 4.78 is 25.0. The van der Waals surface area contributed by atoms with E-state index in [-0.39, 0.29) is 5.02 Å². The molecule has 0 aliphatic rings. The maximum Gasteiger partial charge on any atom is 0.163 e. The second kappa shape index (κ2) is 8.90. The van der Waals surface area contributed by atoms with Gasteiger partial charge >= 0.3 is 0 Å². The third-order valence-corrected chi connectivity index (χ3v) is 4.99. The Morgan fingerprint density at radius 1 is 1.10 bits per heavy atom. The zero-order valence-electron chi connectivity index (χ0n) is 16.5. The van der Waals surface area contributed by atoms with Crippen LogP contribution in [0.5, 0.6) is 11.5 Å². The standard InChI is InChI=1S/C24H17ClFN3O2/c1-30-22-10-18-21(11-23(22)31-14-15-5-3-2-4-6-15)28-13-16(12-27)24(18)29-17-7-8-20(26)19(25)9-17/h2-11,13H,14H2,1H3,(H,28,29). The molecule has 0 amide bonds. The molecule has 0 aliphatic carbocycles. The molecule has 0 atom stereocenters. The maximum absolute atomic E-state index is 13.5. The molecule has 1 aromatic heterocycles. The largest absolute Gasteiger partial charge is 0.493 e. The highest BCUT2D eigenvalue weighted by atomic mass is 35.5. The molecule has 0 unspecified atom stereocenters. The lowest BCUT2D eigenvalue weighted by atomic mass is 10.1. The maximum atomic E-state index is 13.5. The van der Waals surface area contributed by atoms with Crippen molar-refractivity contribution in [2.24, 2.45) is 0 Å². The molecule has 0 radical (unpaired) electrons. The van der Waals surface area contributed by atoms with Crippen LogP contribution in [0.2, 0.25) is 5.02 Å². The summed E-state index contributed by atoms with van der Waals surface area (Å²) in [5, 5.41) is 13.4. The van der Waals surface area contributed by atoms with E-state index in [0.717, 1.165) is 5.56 Å². The highest BCUT2D eigenvalue weighted by Crippen LogP contribution is 2.37. The predicted molar refractivity (Wildman–Crippen MR) is 118 cm³/mol. The lowest BCUT2D eigenvalue weighted by Gasteiger charge is -2.15. The van der Waals surface area contributed by atoms with Crippen LogP contribution in [0.3, 0.4) is 0 Å². The van der Waals surface area contributed by atoms with Gasteiger partial charge < -0.3 is 14.8 Å². The van der Waals surface area contributed by atoms with Crippen LogP contribution < -0.4 is 14.8 Å². The summed E-state index contributed by atoms with van der Waals surface area (Å²) in [5.74, 6) is 0.515. The number of methoxy groups -OCH3 is 1. The van der Waals surface area contributed by atoms with Crippen LogP contribution in [-0.4, -0.2) is 12.1 Å². The summed E-state index contributed by atoms with van der Waals surface area (Å²) in [4.78, 5) is 4.39. The van der Waals surface area contributed by atoms with Crippen LogP contribution in [0.1, 0.15) is 11.1 Å². The minimum atomic E-state index is -0.519. The molecule has 154 valence electrons. The normalized spacial score (nSPS) is 10.5. The lowest BCUT2D eigenvalue weighted by Crippen LogP contribution is -2.00. The summed E-state index contributed by atoms with van der Waals surface area (Å²) in [7, 11) is 1.55. The van der Waals surface area contributed by atoms with Crippen LogP contribution in [0.15, 0.2) is 66.9 Å². The van der Waals surface area contributed by atoms with Crippen molar-refractivity contribution in [1.29, 1.82) is 5.26 Å². The molecule has 3 aromatic carbocycles. The number of nitrogens with one attached hydrogen (secondary N) is 1. The van der Waals surface area contributed by atoms with Gasteiger partial charge in [-0.2, -0.15) is 5.26 Å². The van der Waals surface area contributed by atoms with Crippen molar-refractivity contribution in [1.82, 2.24) is 4.98 Å². The molecule has 31 heavy (non-hydrogen) atoms. The monoisotopic (exact) mass is 433 g/mol. The summed E-state index contributed by atoms with van der Waals surface area (Å²) in [6.07, 6.45) is 1.48. The molecule has 0 spiro atoms. The molecular formula is C24H17ClFN3O2. The average molecular weight is 434 g/mol. The molecule has 0 saturated heterocycles. The fraction of sp³-hybridized carbons (Fsp3) is 0.0833. The number of hydrogen-bond acceptors (Lipinski definition) is 5. The summed E-state index contributed by atoms with van der Waals surface area (Å²) >= 11 is 5.90. The Bertz CT molecular complexity index is 1290. The zero-order valence-corrected chi connectivity index (χ0v) is 17.3. The van der Waals surface area contributed by atoms with E-state index in [9.17, 15) is 9.65 Å². The Balaban J connectivity index is 1.75.